The number of hydrogen-bond donors (Lipinski definition) is 0. The molecular weight excluding hydrogens is 334 g/mol. The lowest BCUT2D eigenvalue weighted by Crippen LogP contribution is -2.03. The molecule has 5 heteroatoms. The molecule has 0 aliphatic rings. The van der Waals surface area contributed by atoms with Gasteiger partial charge in [0, 0.05) is 28.7 Å². The van der Waals surface area contributed by atoms with Gasteiger partial charge >= 0.3 is 0 Å². The van der Waals surface area contributed by atoms with Crippen LogP contribution in [0, 0.1) is 0 Å². The molecule has 0 saturated heterocycles. The molecule has 0 spiro atoms. The van der Waals surface area contributed by atoms with Crippen LogP contribution in [-0.4, -0.2) is 26.3 Å². The summed E-state index contributed by atoms with van der Waals surface area (Å²) in [4.78, 5) is 4.42. The van der Waals surface area contributed by atoms with Crippen molar-refractivity contribution in [2.75, 3.05) is 21.3 Å². The SMILES string of the molecule is COc1ccc(C(Br)Cc2ccccn2)c(OC)c1OC. The average Bonchev–Trinajstić information content (AvgIpc) is 2.53. The first-order chi connectivity index (χ1) is 10.2. The van der Waals surface area contributed by atoms with E-state index in [-0.39, 0.29) is 4.83 Å². The first kappa shape index (κ1) is 15.6. The van der Waals surface area contributed by atoms with Crippen molar-refractivity contribution in [1.82, 2.24) is 4.98 Å². The van der Waals surface area contributed by atoms with E-state index in [1.807, 2.05) is 30.3 Å². The zero-order chi connectivity index (χ0) is 15.2. The van der Waals surface area contributed by atoms with Crippen LogP contribution in [0.25, 0.3) is 0 Å². The Kier molecular flexibility index (Phi) is 5.44. The molecule has 4 nitrogen and oxygen atoms in total. The topological polar surface area (TPSA) is 40.6 Å². The number of hydrogen-bond acceptors (Lipinski definition) is 4. The lowest BCUT2D eigenvalue weighted by atomic mass is 10.1. The van der Waals surface area contributed by atoms with Gasteiger partial charge in [-0.05, 0) is 18.2 Å². The summed E-state index contributed by atoms with van der Waals surface area (Å²) >= 11 is 3.71. The number of alkyl halides is 1. The van der Waals surface area contributed by atoms with Gasteiger partial charge in [-0.25, -0.2) is 0 Å². The van der Waals surface area contributed by atoms with E-state index in [0.29, 0.717) is 17.2 Å². The van der Waals surface area contributed by atoms with E-state index in [1.54, 1.807) is 27.5 Å². The lowest BCUT2D eigenvalue weighted by molar-refractivity contribution is 0.322. The average molecular weight is 352 g/mol. The molecule has 1 aromatic carbocycles. The third kappa shape index (κ3) is 3.47. The van der Waals surface area contributed by atoms with Crippen molar-refractivity contribution >= 4 is 15.9 Å². The Morgan fingerprint density at radius 3 is 2.33 bits per heavy atom. The van der Waals surface area contributed by atoms with Gasteiger partial charge in [-0.3, -0.25) is 4.98 Å². The Morgan fingerprint density at radius 1 is 1.00 bits per heavy atom. The van der Waals surface area contributed by atoms with Gasteiger partial charge < -0.3 is 14.2 Å². The van der Waals surface area contributed by atoms with E-state index in [0.717, 1.165) is 17.7 Å². The summed E-state index contributed by atoms with van der Waals surface area (Å²) in [7, 11) is 4.84. The van der Waals surface area contributed by atoms with Crippen molar-refractivity contribution in [2.24, 2.45) is 0 Å². The summed E-state index contributed by atoms with van der Waals surface area (Å²) in [5, 5.41) is 0. The predicted octanol–water partition coefficient (Wildman–Crippen LogP) is 3.79. The highest BCUT2D eigenvalue weighted by molar-refractivity contribution is 9.09. The van der Waals surface area contributed by atoms with Crippen molar-refractivity contribution in [3.63, 3.8) is 0 Å². The lowest BCUT2D eigenvalue weighted by Gasteiger charge is -2.18. The van der Waals surface area contributed by atoms with Gasteiger partial charge in [0.25, 0.3) is 0 Å². The van der Waals surface area contributed by atoms with Crippen LogP contribution in [0.2, 0.25) is 0 Å². The van der Waals surface area contributed by atoms with Gasteiger partial charge in [0.1, 0.15) is 0 Å². The Balaban J connectivity index is 2.34. The van der Waals surface area contributed by atoms with Crippen LogP contribution in [0.15, 0.2) is 36.5 Å². The van der Waals surface area contributed by atoms with Gasteiger partial charge in [0.05, 0.1) is 21.3 Å². The zero-order valence-corrected chi connectivity index (χ0v) is 13.9. The number of nitrogens with zero attached hydrogens (tertiary/aromatic N) is 1. The van der Waals surface area contributed by atoms with Crippen molar-refractivity contribution in [3.8, 4) is 17.2 Å². The number of rotatable bonds is 6. The van der Waals surface area contributed by atoms with Gasteiger partial charge in [-0.2, -0.15) is 0 Å². The summed E-state index contributed by atoms with van der Waals surface area (Å²) < 4.78 is 16.2. The molecule has 0 fully saturated rings. The molecule has 0 radical (unpaired) electrons. The maximum absolute atomic E-state index is 5.51. The minimum Gasteiger partial charge on any atom is -0.493 e. The monoisotopic (exact) mass is 351 g/mol. The largest absolute Gasteiger partial charge is 0.493 e. The Labute approximate surface area is 133 Å². The minimum atomic E-state index is 0.0714. The third-order valence-corrected chi connectivity index (χ3v) is 4.00. The fraction of sp³-hybridized carbons (Fsp3) is 0.312. The highest BCUT2D eigenvalue weighted by atomic mass is 79.9. The van der Waals surface area contributed by atoms with E-state index < -0.39 is 0 Å². The zero-order valence-electron chi connectivity index (χ0n) is 12.3. The summed E-state index contributed by atoms with van der Waals surface area (Å²) in [5.74, 6) is 1.92. The van der Waals surface area contributed by atoms with Crippen LogP contribution in [0.4, 0.5) is 0 Å². The second kappa shape index (κ2) is 7.31. The summed E-state index contributed by atoms with van der Waals surface area (Å²) in [5.41, 5.74) is 2.01. The van der Waals surface area contributed by atoms with Gasteiger partial charge in [0.15, 0.2) is 11.5 Å². The number of benzene rings is 1. The predicted molar refractivity (Wildman–Crippen MR) is 85.7 cm³/mol. The van der Waals surface area contributed by atoms with Crippen LogP contribution in [0.3, 0.4) is 0 Å². The first-order valence-electron chi connectivity index (χ1n) is 6.54. The molecule has 0 saturated carbocycles. The standard InChI is InChI=1S/C16H18BrNO3/c1-19-14-8-7-12(15(20-2)16(14)21-3)13(17)10-11-6-4-5-9-18-11/h4-9,13H,10H2,1-3H3. The van der Waals surface area contributed by atoms with Crippen molar-refractivity contribution in [3.05, 3.63) is 47.8 Å². The van der Waals surface area contributed by atoms with Crippen LogP contribution >= 0.6 is 15.9 Å². The Hall–Kier alpha value is -1.75. The molecular formula is C16H18BrNO3. The first-order valence-corrected chi connectivity index (χ1v) is 7.45. The second-order valence-corrected chi connectivity index (χ2v) is 5.52. The van der Waals surface area contributed by atoms with E-state index in [1.165, 1.54) is 0 Å². The maximum atomic E-state index is 5.51. The van der Waals surface area contributed by atoms with Crippen LogP contribution in [-0.2, 0) is 6.42 Å². The molecule has 2 rings (SSSR count). The molecule has 112 valence electrons. The quantitative estimate of drug-likeness (QED) is 0.742. The van der Waals surface area contributed by atoms with E-state index in [4.69, 9.17) is 14.2 Å². The highest BCUT2D eigenvalue weighted by Gasteiger charge is 2.21. The molecule has 1 aromatic heterocycles. The number of methoxy groups -OCH3 is 3. The van der Waals surface area contributed by atoms with Gasteiger partial charge in [0.2, 0.25) is 5.75 Å². The van der Waals surface area contributed by atoms with E-state index >= 15 is 0 Å². The number of halogens is 1. The highest BCUT2D eigenvalue weighted by Crippen LogP contribution is 2.44. The number of ether oxygens (including phenoxy) is 3. The molecule has 1 heterocycles. The molecule has 2 aromatic rings. The fourth-order valence-corrected chi connectivity index (χ4v) is 2.88. The van der Waals surface area contributed by atoms with Gasteiger partial charge in [-0.15, -0.1) is 0 Å². The number of aromatic nitrogens is 1. The summed E-state index contributed by atoms with van der Waals surface area (Å²) in [6.07, 6.45) is 2.55. The molecule has 1 unspecified atom stereocenters. The van der Waals surface area contributed by atoms with Crippen molar-refractivity contribution < 1.29 is 14.2 Å². The molecule has 0 aliphatic carbocycles. The van der Waals surface area contributed by atoms with Crippen LogP contribution in [0.1, 0.15) is 16.1 Å². The van der Waals surface area contributed by atoms with E-state index in [9.17, 15) is 0 Å². The second-order valence-electron chi connectivity index (χ2n) is 4.42. The molecule has 0 aliphatic heterocycles. The van der Waals surface area contributed by atoms with Crippen LogP contribution in [0.5, 0.6) is 17.2 Å². The fourth-order valence-electron chi connectivity index (χ4n) is 2.18. The smallest absolute Gasteiger partial charge is 0.203 e. The minimum absolute atomic E-state index is 0.0714. The normalized spacial score (nSPS) is 11.8. The van der Waals surface area contributed by atoms with Gasteiger partial charge in [-0.1, -0.05) is 28.1 Å². The Bertz CT molecular complexity index is 590. The summed E-state index contributed by atoms with van der Waals surface area (Å²) in [6.45, 7) is 0. The third-order valence-electron chi connectivity index (χ3n) is 3.19. The van der Waals surface area contributed by atoms with Crippen LogP contribution < -0.4 is 14.2 Å². The molecule has 21 heavy (non-hydrogen) atoms. The number of pyridine rings is 1. The maximum Gasteiger partial charge on any atom is 0.203 e. The molecule has 1 atom stereocenters. The molecule has 0 N–H and O–H groups in total. The molecule has 0 amide bonds. The summed E-state index contributed by atoms with van der Waals surface area (Å²) in [6, 6.07) is 9.74. The van der Waals surface area contributed by atoms with E-state index in [2.05, 4.69) is 20.9 Å². The molecule has 0 bridgehead atoms. The van der Waals surface area contributed by atoms with Crippen molar-refractivity contribution in [1.29, 1.82) is 0 Å². The van der Waals surface area contributed by atoms with Crippen molar-refractivity contribution in [2.45, 2.75) is 11.2 Å². The Morgan fingerprint density at radius 2 is 1.76 bits per heavy atom.